The van der Waals surface area contributed by atoms with Gasteiger partial charge in [-0.2, -0.15) is 0 Å². The van der Waals surface area contributed by atoms with E-state index in [-0.39, 0.29) is 5.41 Å². The Morgan fingerprint density at radius 3 is 2.62 bits per heavy atom. The lowest BCUT2D eigenvalue weighted by Gasteiger charge is -2.36. The second-order valence-electron chi connectivity index (χ2n) is 8.42. The van der Waals surface area contributed by atoms with Crippen LogP contribution in [0.1, 0.15) is 38.8 Å². The summed E-state index contributed by atoms with van der Waals surface area (Å²) in [5, 5.41) is 2.65. The molecule has 0 N–H and O–H groups in total. The van der Waals surface area contributed by atoms with Crippen molar-refractivity contribution >= 4 is 21.8 Å². The molecule has 26 heavy (non-hydrogen) atoms. The maximum atomic E-state index is 3.65. The normalized spacial score (nSPS) is 15.0. The van der Waals surface area contributed by atoms with Crippen LogP contribution in [0.4, 0.5) is 0 Å². The summed E-state index contributed by atoms with van der Waals surface area (Å²) >= 11 is 0. The van der Waals surface area contributed by atoms with E-state index in [4.69, 9.17) is 0 Å². The minimum Gasteiger partial charge on any atom is -0.319 e. The molecule has 0 amide bonds. The highest BCUT2D eigenvalue weighted by Crippen LogP contribution is 2.43. The van der Waals surface area contributed by atoms with E-state index in [0.29, 0.717) is 5.92 Å². The van der Waals surface area contributed by atoms with Crippen LogP contribution in [0, 0.1) is 12.2 Å². The summed E-state index contributed by atoms with van der Waals surface area (Å²) in [4.78, 5) is 0. The Kier molecular flexibility index (Phi) is 3.13. The molecule has 3 aromatic carbocycles. The third-order valence-corrected chi connectivity index (χ3v) is 5.74. The molecule has 0 aliphatic carbocycles. The van der Waals surface area contributed by atoms with Gasteiger partial charge in [0, 0.05) is 5.41 Å². The smallest absolute Gasteiger partial charge is 0.244 e. The third kappa shape index (κ3) is 1.96. The number of imidazole rings is 1. The van der Waals surface area contributed by atoms with Crippen molar-refractivity contribution in [1.82, 2.24) is 4.57 Å². The van der Waals surface area contributed by atoms with Gasteiger partial charge in [-0.3, -0.25) is 0 Å². The zero-order valence-corrected chi connectivity index (χ0v) is 15.9. The molecule has 2 nitrogen and oxygen atoms in total. The van der Waals surface area contributed by atoms with Gasteiger partial charge in [0.2, 0.25) is 6.33 Å². The number of hydrogen-bond acceptors (Lipinski definition) is 0. The minimum atomic E-state index is -0.0481. The first-order valence-electron chi connectivity index (χ1n) is 9.48. The zero-order valence-electron chi connectivity index (χ0n) is 15.9. The number of para-hydroxylation sites is 1. The fourth-order valence-electron chi connectivity index (χ4n) is 4.63. The van der Waals surface area contributed by atoms with E-state index in [1.165, 1.54) is 38.6 Å². The van der Waals surface area contributed by atoms with E-state index in [9.17, 15) is 0 Å². The Morgan fingerprint density at radius 2 is 1.81 bits per heavy atom. The molecule has 0 spiro atoms. The summed E-state index contributed by atoms with van der Waals surface area (Å²) in [6.45, 7) is 10.2. The average Bonchev–Trinajstić information content (AvgIpc) is 2.98. The molecule has 2 heterocycles. The predicted octanol–water partition coefficient (Wildman–Crippen LogP) is 5.17. The third-order valence-electron chi connectivity index (χ3n) is 5.74. The summed E-state index contributed by atoms with van der Waals surface area (Å²) in [5.74, 6) is 0.587. The Morgan fingerprint density at radius 1 is 1.00 bits per heavy atom. The molecule has 130 valence electrons. The SMILES string of the molecule is CC(C)Cn1[c-][n+]2c3c(cccc31)C(C)(C)c1c-2ccc2ccccc12. The molecule has 0 atom stereocenters. The van der Waals surface area contributed by atoms with E-state index < -0.39 is 0 Å². The van der Waals surface area contributed by atoms with Crippen LogP contribution in [0.3, 0.4) is 0 Å². The molecule has 0 bridgehead atoms. The van der Waals surface area contributed by atoms with Gasteiger partial charge in [-0.25, -0.2) is 0 Å². The van der Waals surface area contributed by atoms with Crippen molar-refractivity contribution < 1.29 is 4.57 Å². The second kappa shape index (κ2) is 5.20. The summed E-state index contributed by atoms with van der Waals surface area (Å²) in [6, 6.07) is 20.0. The average molecular weight is 340 g/mol. The van der Waals surface area contributed by atoms with Crippen LogP contribution in [-0.4, -0.2) is 4.57 Å². The highest BCUT2D eigenvalue weighted by atomic mass is 15.1. The molecule has 1 aliphatic heterocycles. The first-order valence-corrected chi connectivity index (χ1v) is 9.48. The lowest BCUT2D eigenvalue weighted by atomic mass is 9.73. The van der Waals surface area contributed by atoms with Gasteiger partial charge in [-0.1, -0.05) is 82.3 Å². The van der Waals surface area contributed by atoms with Gasteiger partial charge >= 0.3 is 0 Å². The molecular formula is C24H24N2. The highest BCUT2D eigenvalue weighted by molar-refractivity contribution is 5.92. The maximum Gasteiger partial charge on any atom is 0.244 e. The van der Waals surface area contributed by atoms with Crippen molar-refractivity contribution in [3.05, 3.63) is 72.1 Å². The summed E-state index contributed by atoms with van der Waals surface area (Å²) in [5.41, 5.74) is 6.59. The van der Waals surface area contributed by atoms with E-state index >= 15 is 0 Å². The zero-order chi connectivity index (χ0) is 18.1. The Balaban J connectivity index is 1.94. The molecule has 0 radical (unpaired) electrons. The molecule has 4 aromatic rings. The van der Waals surface area contributed by atoms with Crippen LogP contribution in [0.15, 0.2) is 54.6 Å². The van der Waals surface area contributed by atoms with Gasteiger partial charge in [0.25, 0.3) is 0 Å². The molecule has 5 rings (SSSR count). The first-order chi connectivity index (χ1) is 12.5. The van der Waals surface area contributed by atoms with Gasteiger partial charge in [-0.15, -0.1) is 0 Å². The van der Waals surface area contributed by atoms with Gasteiger partial charge in [0.15, 0.2) is 0 Å². The fourth-order valence-corrected chi connectivity index (χ4v) is 4.63. The molecule has 1 aromatic heterocycles. The van der Waals surface area contributed by atoms with Crippen LogP contribution in [0.5, 0.6) is 0 Å². The van der Waals surface area contributed by atoms with E-state index in [0.717, 1.165) is 6.54 Å². The van der Waals surface area contributed by atoms with Crippen LogP contribution in [-0.2, 0) is 12.0 Å². The number of hydrogen-bond donors (Lipinski definition) is 0. The van der Waals surface area contributed by atoms with E-state index in [1.54, 1.807) is 0 Å². The number of aromatic nitrogens is 2. The lowest BCUT2D eigenvalue weighted by Crippen LogP contribution is -2.41. The second-order valence-corrected chi connectivity index (χ2v) is 8.42. The lowest BCUT2D eigenvalue weighted by molar-refractivity contribution is -0.575. The van der Waals surface area contributed by atoms with Crippen LogP contribution < -0.4 is 4.57 Å². The monoisotopic (exact) mass is 340 g/mol. The number of nitrogens with zero attached hydrogens (tertiary/aromatic N) is 2. The number of benzene rings is 3. The summed E-state index contributed by atoms with van der Waals surface area (Å²) in [7, 11) is 0. The van der Waals surface area contributed by atoms with Crippen molar-refractivity contribution in [2.75, 3.05) is 0 Å². The van der Waals surface area contributed by atoms with Crippen molar-refractivity contribution in [1.29, 1.82) is 0 Å². The van der Waals surface area contributed by atoms with Crippen molar-refractivity contribution in [2.45, 2.75) is 39.7 Å². The van der Waals surface area contributed by atoms with Gasteiger partial charge in [0.1, 0.15) is 0 Å². The molecule has 2 heteroatoms. The quantitative estimate of drug-likeness (QED) is 0.352. The maximum absolute atomic E-state index is 3.65. The first kappa shape index (κ1) is 15.6. The Labute approximate surface area is 154 Å². The van der Waals surface area contributed by atoms with E-state index in [1.807, 2.05) is 0 Å². The summed E-state index contributed by atoms with van der Waals surface area (Å²) < 4.78 is 4.59. The molecule has 0 fully saturated rings. The van der Waals surface area contributed by atoms with Crippen LogP contribution in [0.2, 0.25) is 0 Å². The fraction of sp³-hybridized carbons (Fsp3) is 0.292. The Hall–Kier alpha value is -2.61. The van der Waals surface area contributed by atoms with Gasteiger partial charge < -0.3 is 9.13 Å². The van der Waals surface area contributed by atoms with Crippen molar-refractivity contribution in [3.8, 4) is 5.69 Å². The van der Waals surface area contributed by atoms with Crippen LogP contribution >= 0.6 is 0 Å². The van der Waals surface area contributed by atoms with Crippen LogP contribution in [0.25, 0.3) is 27.5 Å². The van der Waals surface area contributed by atoms with Gasteiger partial charge in [0.05, 0.1) is 23.3 Å². The Bertz CT molecular complexity index is 1160. The molecule has 0 saturated heterocycles. The van der Waals surface area contributed by atoms with Gasteiger partial charge in [-0.05, 0) is 27.8 Å². The molecule has 0 saturated carbocycles. The van der Waals surface area contributed by atoms with Crippen molar-refractivity contribution in [3.63, 3.8) is 0 Å². The largest absolute Gasteiger partial charge is 0.319 e. The molecule has 0 unspecified atom stereocenters. The predicted molar refractivity (Wildman–Crippen MR) is 107 cm³/mol. The molecule has 1 aliphatic rings. The summed E-state index contributed by atoms with van der Waals surface area (Å²) in [6.07, 6.45) is 3.65. The number of rotatable bonds is 2. The van der Waals surface area contributed by atoms with Crippen molar-refractivity contribution in [2.24, 2.45) is 5.92 Å². The number of fused-ring (bicyclic) bond motifs is 4. The van der Waals surface area contributed by atoms with E-state index in [2.05, 4.69) is 97.8 Å². The highest BCUT2D eigenvalue weighted by Gasteiger charge is 2.34. The topological polar surface area (TPSA) is 8.81 Å². The molecular weight excluding hydrogens is 316 g/mol. The standard InChI is InChI=1S/C24H24N2/c1-16(2)14-25-15-26-20-13-12-17-8-5-6-9-18(17)22(20)24(3,4)19-10-7-11-21(25)23(19)26/h5-13,16H,14H2,1-4H3. The minimum absolute atomic E-state index is 0.0481.